The molecule has 1 unspecified atom stereocenters. The maximum absolute atomic E-state index is 12.6. The number of esters is 1. The summed E-state index contributed by atoms with van der Waals surface area (Å²) in [6.07, 6.45) is 0. The van der Waals surface area contributed by atoms with Gasteiger partial charge in [0, 0.05) is 6.07 Å². The molecule has 1 N–H and O–H groups in total. The largest absolute Gasteiger partial charge is 0.454 e. The Balaban J connectivity index is 1.63. The molecule has 10 nitrogen and oxygen atoms in total. The number of aryl methyl sites for hydroxylation is 1. The summed E-state index contributed by atoms with van der Waals surface area (Å²) in [6, 6.07) is 7.75. The third-order valence-electron chi connectivity index (χ3n) is 4.92. The smallest absolute Gasteiger partial charge is 0.329 e. The number of benzene rings is 2. The Morgan fingerprint density at radius 1 is 1.13 bits per heavy atom. The normalized spacial score (nSPS) is 13.6. The highest BCUT2D eigenvalue weighted by atomic mass is 16.6. The lowest BCUT2D eigenvalue weighted by atomic mass is 10.1. The fourth-order valence-corrected chi connectivity index (χ4v) is 3.23. The maximum atomic E-state index is 12.6. The lowest BCUT2D eigenvalue weighted by molar-refractivity contribution is -0.385. The van der Waals surface area contributed by atoms with Crippen LogP contribution in [0.3, 0.4) is 0 Å². The summed E-state index contributed by atoms with van der Waals surface area (Å²) in [6.45, 7) is 3.90. The van der Waals surface area contributed by atoms with Crippen LogP contribution in [0.2, 0.25) is 0 Å². The molecule has 10 heteroatoms. The van der Waals surface area contributed by atoms with Gasteiger partial charge in [0.25, 0.3) is 23.4 Å². The number of nitro groups is 1. The van der Waals surface area contributed by atoms with Crippen LogP contribution in [0.1, 0.15) is 38.8 Å². The SMILES string of the molecule is Cc1ccc2c(c1)C(=O)N(C(C)C(=O)OCC(=O)Nc1cccc([N+](=O)[O-])c1C)C2=O. The van der Waals surface area contributed by atoms with Crippen molar-refractivity contribution in [1.29, 1.82) is 0 Å². The number of carbonyl (C=O) groups is 4. The van der Waals surface area contributed by atoms with Crippen LogP contribution in [-0.4, -0.2) is 46.2 Å². The number of carbonyl (C=O) groups excluding carboxylic acids is 4. The van der Waals surface area contributed by atoms with Gasteiger partial charge in [0.2, 0.25) is 0 Å². The number of nitrogens with zero attached hydrogens (tertiary/aromatic N) is 2. The van der Waals surface area contributed by atoms with E-state index in [1.807, 2.05) is 0 Å². The van der Waals surface area contributed by atoms with Gasteiger partial charge in [-0.15, -0.1) is 0 Å². The fourth-order valence-electron chi connectivity index (χ4n) is 3.23. The molecule has 0 bridgehead atoms. The zero-order valence-corrected chi connectivity index (χ0v) is 17.0. The number of imide groups is 1. The second kappa shape index (κ2) is 8.34. The van der Waals surface area contributed by atoms with E-state index in [4.69, 9.17) is 4.74 Å². The first kappa shape index (κ1) is 21.6. The Labute approximate surface area is 176 Å². The van der Waals surface area contributed by atoms with Gasteiger partial charge in [-0.25, -0.2) is 4.79 Å². The quantitative estimate of drug-likeness (QED) is 0.325. The third kappa shape index (κ3) is 4.13. The molecule has 160 valence electrons. The summed E-state index contributed by atoms with van der Waals surface area (Å²) in [7, 11) is 0. The molecule has 3 rings (SSSR count). The van der Waals surface area contributed by atoms with Gasteiger partial charge in [0.05, 0.1) is 27.3 Å². The van der Waals surface area contributed by atoms with E-state index in [1.54, 1.807) is 19.1 Å². The molecule has 3 amide bonds. The van der Waals surface area contributed by atoms with Crippen molar-refractivity contribution in [3.63, 3.8) is 0 Å². The van der Waals surface area contributed by atoms with Gasteiger partial charge in [-0.3, -0.25) is 29.4 Å². The van der Waals surface area contributed by atoms with Crippen LogP contribution in [0.25, 0.3) is 0 Å². The summed E-state index contributed by atoms with van der Waals surface area (Å²) in [5.74, 6) is -2.87. The van der Waals surface area contributed by atoms with Gasteiger partial charge in [0.1, 0.15) is 6.04 Å². The van der Waals surface area contributed by atoms with Crippen LogP contribution >= 0.6 is 0 Å². The summed E-state index contributed by atoms with van der Waals surface area (Å²) in [5.41, 5.74) is 1.51. The summed E-state index contributed by atoms with van der Waals surface area (Å²) >= 11 is 0. The van der Waals surface area contributed by atoms with Gasteiger partial charge < -0.3 is 10.1 Å². The van der Waals surface area contributed by atoms with Gasteiger partial charge in [-0.05, 0) is 39.0 Å². The third-order valence-corrected chi connectivity index (χ3v) is 4.92. The molecular weight excluding hydrogens is 406 g/mol. The summed E-state index contributed by atoms with van der Waals surface area (Å²) < 4.78 is 4.96. The van der Waals surface area contributed by atoms with Gasteiger partial charge in [0.15, 0.2) is 6.61 Å². The number of nitro benzene ring substituents is 1. The molecule has 0 radical (unpaired) electrons. The second-order valence-corrected chi connectivity index (χ2v) is 7.07. The second-order valence-electron chi connectivity index (χ2n) is 7.07. The fraction of sp³-hybridized carbons (Fsp3) is 0.238. The Morgan fingerprint density at radius 3 is 2.48 bits per heavy atom. The summed E-state index contributed by atoms with van der Waals surface area (Å²) in [5, 5.41) is 13.4. The Morgan fingerprint density at radius 2 is 1.81 bits per heavy atom. The van der Waals surface area contributed by atoms with Gasteiger partial charge in [-0.1, -0.05) is 17.7 Å². The van der Waals surface area contributed by atoms with Crippen molar-refractivity contribution >= 4 is 35.1 Å². The van der Waals surface area contributed by atoms with Crippen LogP contribution < -0.4 is 5.32 Å². The zero-order chi connectivity index (χ0) is 22.9. The molecule has 2 aromatic carbocycles. The first-order chi connectivity index (χ1) is 14.6. The van der Waals surface area contributed by atoms with Crippen LogP contribution in [0.4, 0.5) is 11.4 Å². The van der Waals surface area contributed by atoms with Crippen molar-refractivity contribution in [2.45, 2.75) is 26.8 Å². The van der Waals surface area contributed by atoms with Gasteiger partial charge >= 0.3 is 5.97 Å². The number of nitrogens with one attached hydrogen (secondary N) is 1. The minimum Gasteiger partial charge on any atom is -0.454 e. The van der Waals surface area contributed by atoms with Crippen LogP contribution in [0.15, 0.2) is 36.4 Å². The number of anilines is 1. The summed E-state index contributed by atoms with van der Waals surface area (Å²) in [4.78, 5) is 60.8. The predicted octanol–water partition coefficient (Wildman–Crippen LogP) is 2.38. The molecule has 2 aromatic rings. The van der Waals surface area contributed by atoms with E-state index in [9.17, 15) is 29.3 Å². The molecule has 0 fully saturated rings. The van der Waals surface area contributed by atoms with E-state index in [1.165, 1.54) is 38.1 Å². The molecule has 0 aliphatic carbocycles. The average molecular weight is 425 g/mol. The Hall–Kier alpha value is -4.08. The minimum absolute atomic E-state index is 0.163. The van der Waals surface area contributed by atoms with Crippen LogP contribution in [0.5, 0.6) is 0 Å². The lowest BCUT2D eigenvalue weighted by Crippen LogP contribution is -2.44. The zero-order valence-electron chi connectivity index (χ0n) is 17.0. The number of rotatable bonds is 6. The standard InChI is InChI=1S/C21H19N3O7/c1-11-7-8-14-15(9-11)20(27)23(19(14)26)13(3)21(28)31-10-18(25)22-16-5-4-6-17(12(16)2)24(29)30/h4-9,13H,10H2,1-3H3,(H,22,25). The van der Waals surface area contributed by atoms with Crippen molar-refractivity contribution in [1.82, 2.24) is 4.90 Å². The first-order valence-electron chi connectivity index (χ1n) is 9.31. The topological polar surface area (TPSA) is 136 Å². The van der Waals surface area contributed by atoms with E-state index >= 15 is 0 Å². The van der Waals surface area contributed by atoms with Crippen molar-refractivity contribution < 1.29 is 28.8 Å². The molecular formula is C21H19N3O7. The highest BCUT2D eigenvalue weighted by molar-refractivity contribution is 6.22. The molecule has 31 heavy (non-hydrogen) atoms. The number of hydrogen-bond acceptors (Lipinski definition) is 7. The van der Waals surface area contributed by atoms with E-state index in [0.717, 1.165) is 10.5 Å². The minimum atomic E-state index is -1.24. The first-order valence-corrected chi connectivity index (χ1v) is 9.31. The molecule has 1 aliphatic rings. The molecule has 0 saturated heterocycles. The average Bonchev–Trinajstić information content (AvgIpc) is 2.96. The van der Waals surface area contributed by atoms with Crippen molar-refractivity contribution in [3.05, 3.63) is 68.8 Å². The number of fused-ring (bicyclic) bond motifs is 1. The number of hydrogen-bond donors (Lipinski definition) is 1. The molecule has 0 saturated carbocycles. The van der Waals surface area contributed by atoms with E-state index in [-0.39, 0.29) is 28.1 Å². The molecule has 1 heterocycles. The highest BCUT2D eigenvalue weighted by Gasteiger charge is 2.41. The Bertz CT molecular complexity index is 1130. The van der Waals surface area contributed by atoms with Crippen LogP contribution in [-0.2, 0) is 14.3 Å². The highest BCUT2D eigenvalue weighted by Crippen LogP contribution is 2.27. The van der Waals surface area contributed by atoms with Crippen molar-refractivity contribution in [2.75, 3.05) is 11.9 Å². The molecule has 0 spiro atoms. The predicted molar refractivity (Wildman–Crippen MR) is 109 cm³/mol. The van der Waals surface area contributed by atoms with Crippen molar-refractivity contribution in [3.8, 4) is 0 Å². The van der Waals surface area contributed by atoms with Crippen LogP contribution in [0, 0.1) is 24.0 Å². The van der Waals surface area contributed by atoms with E-state index in [0.29, 0.717) is 0 Å². The lowest BCUT2D eigenvalue weighted by Gasteiger charge is -2.20. The van der Waals surface area contributed by atoms with E-state index < -0.39 is 41.3 Å². The monoisotopic (exact) mass is 425 g/mol. The van der Waals surface area contributed by atoms with Crippen molar-refractivity contribution in [2.24, 2.45) is 0 Å². The molecule has 0 aromatic heterocycles. The Kier molecular flexibility index (Phi) is 5.82. The van der Waals surface area contributed by atoms with Gasteiger partial charge in [-0.2, -0.15) is 0 Å². The number of ether oxygens (including phenoxy) is 1. The maximum Gasteiger partial charge on any atom is 0.329 e. The molecule has 1 atom stereocenters. The molecule has 1 aliphatic heterocycles. The number of amides is 3. The van der Waals surface area contributed by atoms with E-state index in [2.05, 4.69) is 5.32 Å².